The van der Waals surface area contributed by atoms with E-state index in [4.69, 9.17) is 10.8 Å². The summed E-state index contributed by atoms with van der Waals surface area (Å²) in [6.07, 6.45) is 4.89. The fourth-order valence-electron chi connectivity index (χ4n) is 1.48. The van der Waals surface area contributed by atoms with Crippen molar-refractivity contribution in [3.63, 3.8) is 0 Å². The third-order valence-corrected chi connectivity index (χ3v) is 2.32. The molecule has 0 bridgehead atoms. The molecule has 0 aliphatic heterocycles. The van der Waals surface area contributed by atoms with E-state index in [1.165, 1.54) is 0 Å². The minimum absolute atomic E-state index is 0.0169. The summed E-state index contributed by atoms with van der Waals surface area (Å²) < 4.78 is 0. The Hall–Kier alpha value is -0.930. The van der Waals surface area contributed by atoms with Crippen molar-refractivity contribution in [2.75, 3.05) is 0 Å². The fraction of sp³-hybridized carbons (Fsp3) is 0.545. The summed E-state index contributed by atoms with van der Waals surface area (Å²) >= 11 is 0. The molecule has 0 unspecified atom stereocenters. The van der Waals surface area contributed by atoms with Gasteiger partial charge in [0, 0.05) is 17.8 Å². The number of aliphatic hydroxyl groups excluding tert-OH is 1. The number of hydrogen-bond donors (Lipinski definition) is 2. The van der Waals surface area contributed by atoms with Crippen molar-refractivity contribution >= 4 is 0 Å². The van der Waals surface area contributed by atoms with Crippen LogP contribution >= 0.6 is 0 Å². The summed E-state index contributed by atoms with van der Waals surface area (Å²) in [4.78, 5) is 4.22. The van der Waals surface area contributed by atoms with E-state index < -0.39 is 0 Å². The molecule has 1 aromatic heterocycles. The van der Waals surface area contributed by atoms with Crippen LogP contribution in [0.2, 0.25) is 0 Å². The highest BCUT2D eigenvalue weighted by atomic mass is 16.3. The van der Waals surface area contributed by atoms with E-state index in [9.17, 15) is 0 Å². The molecule has 78 valence electrons. The van der Waals surface area contributed by atoms with Crippen LogP contribution in [0.15, 0.2) is 18.3 Å². The van der Waals surface area contributed by atoms with E-state index in [1.54, 1.807) is 6.20 Å². The summed E-state index contributed by atoms with van der Waals surface area (Å²) in [6, 6.07) is 3.65. The van der Waals surface area contributed by atoms with E-state index in [2.05, 4.69) is 11.9 Å². The maximum absolute atomic E-state index is 9.10. The third kappa shape index (κ3) is 2.79. The molecule has 14 heavy (non-hydrogen) atoms. The lowest BCUT2D eigenvalue weighted by Crippen LogP contribution is -2.14. The smallest absolute Gasteiger partial charge is 0.0700 e. The van der Waals surface area contributed by atoms with Crippen LogP contribution in [0.5, 0.6) is 0 Å². The SMILES string of the molecule is CCCC[C@@H](N)c1ncccc1CO. The number of aromatic nitrogens is 1. The Bertz CT molecular complexity index is 276. The second-order valence-corrected chi connectivity index (χ2v) is 3.45. The average Bonchev–Trinajstić information content (AvgIpc) is 2.25. The molecule has 0 aliphatic carbocycles. The quantitative estimate of drug-likeness (QED) is 0.751. The zero-order chi connectivity index (χ0) is 10.4. The normalized spacial score (nSPS) is 12.8. The Labute approximate surface area is 85.0 Å². The first-order valence-corrected chi connectivity index (χ1v) is 5.09. The fourth-order valence-corrected chi connectivity index (χ4v) is 1.48. The van der Waals surface area contributed by atoms with E-state index >= 15 is 0 Å². The number of nitrogens with zero attached hydrogens (tertiary/aromatic N) is 1. The first kappa shape index (κ1) is 11.1. The van der Waals surface area contributed by atoms with Gasteiger partial charge in [-0.1, -0.05) is 25.8 Å². The maximum atomic E-state index is 9.10. The molecule has 3 N–H and O–H groups in total. The molecule has 1 rings (SSSR count). The van der Waals surface area contributed by atoms with Crippen molar-refractivity contribution < 1.29 is 5.11 Å². The molecule has 1 heterocycles. The van der Waals surface area contributed by atoms with Gasteiger partial charge >= 0.3 is 0 Å². The summed E-state index contributed by atoms with van der Waals surface area (Å²) in [6.45, 7) is 2.15. The highest BCUT2D eigenvalue weighted by Crippen LogP contribution is 2.18. The summed E-state index contributed by atoms with van der Waals surface area (Å²) in [5, 5.41) is 9.10. The van der Waals surface area contributed by atoms with Crippen molar-refractivity contribution in [2.45, 2.75) is 38.8 Å². The van der Waals surface area contributed by atoms with Crippen LogP contribution in [0.1, 0.15) is 43.5 Å². The Morgan fingerprint density at radius 2 is 2.36 bits per heavy atom. The minimum Gasteiger partial charge on any atom is -0.392 e. The van der Waals surface area contributed by atoms with Gasteiger partial charge in [0.1, 0.15) is 0 Å². The highest BCUT2D eigenvalue weighted by Gasteiger charge is 2.10. The minimum atomic E-state index is -0.0432. The second-order valence-electron chi connectivity index (χ2n) is 3.45. The van der Waals surface area contributed by atoms with Crippen LogP contribution in [-0.2, 0) is 6.61 Å². The molecule has 0 aromatic carbocycles. The number of hydrogen-bond acceptors (Lipinski definition) is 3. The summed E-state index contributed by atoms with van der Waals surface area (Å²) in [7, 11) is 0. The molecule has 3 heteroatoms. The molecule has 0 saturated heterocycles. The van der Waals surface area contributed by atoms with Crippen LogP contribution in [0.25, 0.3) is 0 Å². The van der Waals surface area contributed by atoms with Crippen LogP contribution in [-0.4, -0.2) is 10.1 Å². The van der Waals surface area contributed by atoms with Crippen LogP contribution in [0.4, 0.5) is 0 Å². The average molecular weight is 194 g/mol. The number of nitrogens with two attached hydrogens (primary N) is 1. The first-order chi connectivity index (χ1) is 6.79. The number of unbranched alkanes of at least 4 members (excludes halogenated alkanes) is 1. The van der Waals surface area contributed by atoms with Crippen molar-refractivity contribution in [1.29, 1.82) is 0 Å². The van der Waals surface area contributed by atoms with Crippen LogP contribution in [0, 0.1) is 0 Å². The van der Waals surface area contributed by atoms with Gasteiger partial charge in [0.15, 0.2) is 0 Å². The first-order valence-electron chi connectivity index (χ1n) is 5.09. The van der Waals surface area contributed by atoms with Crippen molar-refractivity contribution in [2.24, 2.45) is 5.73 Å². The van der Waals surface area contributed by atoms with E-state index in [0.717, 1.165) is 30.5 Å². The number of rotatable bonds is 5. The van der Waals surface area contributed by atoms with Gasteiger partial charge in [-0.05, 0) is 12.5 Å². The van der Waals surface area contributed by atoms with Crippen LogP contribution < -0.4 is 5.73 Å². The van der Waals surface area contributed by atoms with Gasteiger partial charge in [-0.3, -0.25) is 4.98 Å². The van der Waals surface area contributed by atoms with E-state index in [-0.39, 0.29) is 12.6 Å². The largest absolute Gasteiger partial charge is 0.392 e. The topological polar surface area (TPSA) is 59.1 Å². The molecule has 1 atom stereocenters. The zero-order valence-corrected chi connectivity index (χ0v) is 8.61. The van der Waals surface area contributed by atoms with Gasteiger partial charge in [-0.2, -0.15) is 0 Å². The van der Waals surface area contributed by atoms with Gasteiger partial charge in [0.25, 0.3) is 0 Å². The van der Waals surface area contributed by atoms with Crippen molar-refractivity contribution in [3.8, 4) is 0 Å². The van der Waals surface area contributed by atoms with E-state index in [1.807, 2.05) is 12.1 Å². The Kier molecular flexibility index (Phi) is 4.56. The lowest BCUT2D eigenvalue weighted by molar-refractivity contribution is 0.279. The molecule has 3 nitrogen and oxygen atoms in total. The molecular formula is C11H18N2O. The van der Waals surface area contributed by atoms with Gasteiger partial charge in [-0.15, -0.1) is 0 Å². The molecule has 0 fully saturated rings. The maximum Gasteiger partial charge on any atom is 0.0700 e. The Morgan fingerprint density at radius 1 is 1.57 bits per heavy atom. The van der Waals surface area contributed by atoms with Crippen LogP contribution in [0.3, 0.4) is 0 Å². The van der Waals surface area contributed by atoms with Crippen molar-refractivity contribution in [1.82, 2.24) is 4.98 Å². The van der Waals surface area contributed by atoms with E-state index in [0.29, 0.717) is 0 Å². The zero-order valence-electron chi connectivity index (χ0n) is 8.61. The summed E-state index contributed by atoms with van der Waals surface area (Å²) in [5.41, 5.74) is 7.66. The molecule has 0 spiro atoms. The molecule has 1 aromatic rings. The molecule has 0 aliphatic rings. The van der Waals surface area contributed by atoms with Gasteiger partial charge in [-0.25, -0.2) is 0 Å². The molecule has 0 radical (unpaired) electrons. The monoisotopic (exact) mass is 194 g/mol. The second kappa shape index (κ2) is 5.73. The van der Waals surface area contributed by atoms with Gasteiger partial charge in [0.05, 0.1) is 12.3 Å². The predicted octanol–water partition coefficient (Wildman–Crippen LogP) is 1.76. The van der Waals surface area contributed by atoms with Gasteiger partial charge < -0.3 is 10.8 Å². The molecule has 0 saturated carbocycles. The lowest BCUT2D eigenvalue weighted by Gasteiger charge is -2.13. The van der Waals surface area contributed by atoms with Gasteiger partial charge in [0.2, 0.25) is 0 Å². The standard InChI is InChI=1S/C11H18N2O/c1-2-3-6-10(12)11-9(8-14)5-4-7-13-11/h4-5,7,10,14H,2-3,6,8,12H2,1H3/t10-/m1/s1. The third-order valence-electron chi connectivity index (χ3n) is 2.32. The Morgan fingerprint density at radius 3 is 3.00 bits per heavy atom. The Balaban J connectivity index is 2.72. The highest BCUT2D eigenvalue weighted by molar-refractivity contribution is 5.21. The lowest BCUT2D eigenvalue weighted by atomic mass is 10.0. The van der Waals surface area contributed by atoms with Crippen molar-refractivity contribution in [3.05, 3.63) is 29.6 Å². The predicted molar refractivity (Wildman–Crippen MR) is 56.6 cm³/mol. The molecule has 0 amide bonds. The number of aliphatic hydroxyl groups is 1. The summed E-state index contributed by atoms with van der Waals surface area (Å²) in [5.74, 6) is 0. The number of pyridine rings is 1. The molecular weight excluding hydrogens is 176 g/mol.